The van der Waals surface area contributed by atoms with Crippen molar-refractivity contribution in [3.05, 3.63) is 41.8 Å². The van der Waals surface area contributed by atoms with Crippen molar-refractivity contribution in [2.45, 2.75) is 6.04 Å². The van der Waals surface area contributed by atoms with Crippen molar-refractivity contribution >= 4 is 11.8 Å². The lowest BCUT2D eigenvalue weighted by atomic mass is 10.0. The third kappa shape index (κ3) is 2.05. The molecule has 1 heterocycles. The van der Waals surface area contributed by atoms with Gasteiger partial charge in [-0.3, -0.25) is 9.59 Å². The van der Waals surface area contributed by atoms with Crippen LogP contribution < -0.4 is 10.6 Å². The van der Waals surface area contributed by atoms with Gasteiger partial charge in [0.15, 0.2) is 0 Å². The summed E-state index contributed by atoms with van der Waals surface area (Å²) in [5.74, 6) is -0.937. The molecule has 1 aliphatic heterocycles. The summed E-state index contributed by atoms with van der Waals surface area (Å²) in [6, 6.07) is 5.09. The van der Waals surface area contributed by atoms with Gasteiger partial charge in [0.25, 0.3) is 11.8 Å². The number of hydrogen-bond acceptors (Lipinski definition) is 4. The first-order valence-corrected chi connectivity index (χ1v) is 4.87. The predicted molar refractivity (Wildman–Crippen MR) is 57.8 cm³/mol. The van der Waals surface area contributed by atoms with E-state index in [1.54, 1.807) is 0 Å². The molecule has 1 aromatic rings. The van der Waals surface area contributed by atoms with Crippen LogP contribution in [0, 0.1) is 0 Å². The van der Waals surface area contributed by atoms with Gasteiger partial charge in [-0.25, -0.2) is 0 Å². The standard InChI is InChI=1S/C11H10N2O4/c14-5-8-10(16)13-9(11(17)12-8)6-1-3-7(15)4-2-6/h1-5,9,14-15H,(H,12,17)(H,13,16)/b8-5+. The maximum absolute atomic E-state index is 11.7. The number of aliphatic hydroxyl groups excluding tert-OH is 1. The molecule has 6 heteroatoms. The maximum atomic E-state index is 11.7. The van der Waals surface area contributed by atoms with E-state index in [1.165, 1.54) is 24.3 Å². The van der Waals surface area contributed by atoms with Crippen molar-refractivity contribution in [3.63, 3.8) is 0 Å². The van der Waals surface area contributed by atoms with Gasteiger partial charge in [-0.15, -0.1) is 0 Å². The van der Waals surface area contributed by atoms with Crippen molar-refractivity contribution in [1.82, 2.24) is 10.6 Å². The van der Waals surface area contributed by atoms with Crippen LogP contribution in [-0.4, -0.2) is 22.0 Å². The molecule has 2 amide bonds. The Morgan fingerprint density at radius 2 is 1.82 bits per heavy atom. The number of carbonyl (C=O) groups is 2. The zero-order valence-electron chi connectivity index (χ0n) is 8.68. The van der Waals surface area contributed by atoms with Crippen LogP contribution >= 0.6 is 0 Å². The highest BCUT2D eigenvalue weighted by molar-refractivity contribution is 6.04. The number of hydrogen-bond donors (Lipinski definition) is 4. The Morgan fingerprint density at radius 3 is 2.41 bits per heavy atom. The number of aliphatic hydroxyl groups is 1. The van der Waals surface area contributed by atoms with E-state index in [4.69, 9.17) is 10.2 Å². The largest absolute Gasteiger partial charge is 0.513 e. The summed E-state index contributed by atoms with van der Waals surface area (Å²) < 4.78 is 0. The van der Waals surface area contributed by atoms with E-state index in [1.807, 2.05) is 0 Å². The first kappa shape index (κ1) is 11.0. The van der Waals surface area contributed by atoms with Crippen LogP contribution in [0.2, 0.25) is 0 Å². The minimum Gasteiger partial charge on any atom is -0.513 e. The Labute approximate surface area is 96.6 Å². The van der Waals surface area contributed by atoms with Crippen molar-refractivity contribution in [1.29, 1.82) is 0 Å². The van der Waals surface area contributed by atoms with Crippen molar-refractivity contribution in [2.75, 3.05) is 0 Å². The molecule has 0 radical (unpaired) electrons. The summed E-state index contributed by atoms with van der Waals surface area (Å²) >= 11 is 0. The second-order valence-corrected chi connectivity index (χ2v) is 3.53. The maximum Gasteiger partial charge on any atom is 0.271 e. The van der Waals surface area contributed by atoms with Crippen LogP contribution in [0.15, 0.2) is 36.2 Å². The second-order valence-electron chi connectivity index (χ2n) is 3.53. The molecule has 0 bridgehead atoms. The monoisotopic (exact) mass is 234 g/mol. The average Bonchev–Trinajstić information content (AvgIpc) is 2.33. The number of rotatable bonds is 1. The van der Waals surface area contributed by atoms with Crippen molar-refractivity contribution < 1.29 is 19.8 Å². The molecule has 2 rings (SSSR count). The zero-order chi connectivity index (χ0) is 12.4. The van der Waals surface area contributed by atoms with Gasteiger partial charge in [-0.2, -0.15) is 0 Å². The molecule has 1 saturated heterocycles. The molecular formula is C11H10N2O4. The summed E-state index contributed by atoms with van der Waals surface area (Å²) in [5, 5.41) is 22.5. The first-order valence-electron chi connectivity index (χ1n) is 4.87. The third-order valence-corrected chi connectivity index (χ3v) is 2.40. The zero-order valence-corrected chi connectivity index (χ0v) is 8.68. The highest BCUT2D eigenvalue weighted by atomic mass is 16.3. The lowest BCUT2D eigenvalue weighted by Crippen LogP contribution is -2.49. The van der Waals surface area contributed by atoms with Crippen LogP contribution in [0.3, 0.4) is 0 Å². The summed E-state index contributed by atoms with van der Waals surface area (Å²) in [6.07, 6.45) is 0.542. The fourth-order valence-electron chi connectivity index (χ4n) is 1.53. The van der Waals surface area contributed by atoms with Crippen LogP contribution in [-0.2, 0) is 9.59 Å². The fraction of sp³-hybridized carbons (Fsp3) is 0.0909. The van der Waals surface area contributed by atoms with Gasteiger partial charge in [-0.1, -0.05) is 12.1 Å². The number of carbonyl (C=O) groups excluding carboxylic acids is 2. The number of aromatic hydroxyl groups is 1. The van der Waals surface area contributed by atoms with Crippen LogP contribution in [0.1, 0.15) is 11.6 Å². The Kier molecular flexibility index (Phi) is 2.70. The molecule has 1 atom stereocenters. The van der Waals surface area contributed by atoms with Crippen LogP contribution in [0.25, 0.3) is 0 Å². The number of benzene rings is 1. The minimum atomic E-state index is -0.827. The first-order chi connectivity index (χ1) is 8.11. The van der Waals surface area contributed by atoms with Crippen molar-refractivity contribution in [3.8, 4) is 5.75 Å². The number of nitrogens with one attached hydrogen (secondary N) is 2. The predicted octanol–water partition coefficient (Wildman–Crippen LogP) is 0.0787. The summed E-state index contributed by atoms with van der Waals surface area (Å²) in [4.78, 5) is 23.1. The molecule has 1 unspecified atom stereocenters. The molecule has 6 nitrogen and oxygen atoms in total. The SMILES string of the molecule is O=C1NC(c2ccc(O)cc2)C(=O)N/C1=C/O. The Bertz CT molecular complexity index is 493. The topological polar surface area (TPSA) is 98.7 Å². The molecular weight excluding hydrogens is 224 g/mol. The van der Waals surface area contributed by atoms with E-state index >= 15 is 0 Å². The lowest BCUT2D eigenvalue weighted by Gasteiger charge is -2.24. The van der Waals surface area contributed by atoms with E-state index in [2.05, 4.69) is 10.6 Å². The Morgan fingerprint density at radius 1 is 1.18 bits per heavy atom. The molecule has 1 aliphatic rings. The second kappa shape index (κ2) is 4.17. The molecule has 88 valence electrons. The summed E-state index contributed by atoms with van der Waals surface area (Å²) in [6.45, 7) is 0. The van der Waals surface area contributed by atoms with Gasteiger partial charge >= 0.3 is 0 Å². The smallest absolute Gasteiger partial charge is 0.271 e. The molecule has 17 heavy (non-hydrogen) atoms. The summed E-state index contributed by atoms with van der Waals surface area (Å²) in [5.41, 5.74) is 0.357. The van der Waals surface area contributed by atoms with Gasteiger partial charge in [0, 0.05) is 0 Å². The Balaban J connectivity index is 2.26. The van der Waals surface area contributed by atoms with Gasteiger partial charge in [-0.05, 0) is 17.7 Å². The fourth-order valence-corrected chi connectivity index (χ4v) is 1.53. The van der Waals surface area contributed by atoms with E-state index in [0.29, 0.717) is 11.8 Å². The third-order valence-electron chi connectivity index (χ3n) is 2.40. The quantitative estimate of drug-likeness (QED) is 0.408. The van der Waals surface area contributed by atoms with E-state index < -0.39 is 17.9 Å². The van der Waals surface area contributed by atoms with Crippen LogP contribution in [0.5, 0.6) is 5.75 Å². The number of phenolic OH excluding ortho intramolecular Hbond substituents is 1. The molecule has 0 saturated carbocycles. The highest BCUT2D eigenvalue weighted by Gasteiger charge is 2.30. The number of amides is 2. The van der Waals surface area contributed by atoms with Crippen molar-refractivity contribution in [2.24, 2.45) is 0 Å². The summed E-state index contributed by atoms with van der Waals surface area (Å²) in [7, 11) is 0. The molecule has 0 aromatic heterocycles. The molecule has 1 fully saturated rings. The number of piperazine rings is 1. The van der Waals surface area contributed by atoms with E-state index in [-0.39, 0.29) is 11.4 Å². The molecule has 4 N–H and O–H groups in total. The van der Waals surface area contributed by atoms with Gasteiger partial charge in [0.1, 0.15) is 23.8 Å². The highest BCUT2D eigenvalue weighted by Crippen LogP contribution is 2.19. The minimum absolute atomic E-state index is 0.0761. The lowest BCUT2D eigenvalue weighted by molar-refractivity contribution is -0.131. The molecule has 0 aliphatic carbocycles. The normalized spacial score (nSPS) is 22.1. The van der Waals surface area contributed by atoms with E-state index in [0.717, 1.165) is 0 Å². The van der Waals surface area contributed by atoms with Gasteiger partial charge in [0.2, 0.25) is 0 Å². The molecule has 0 spiro atoms. The molecule has 1 aromatic carbocycles. The average molecular weight is 234 g/mol. The van der Waals surface area contributed by atoms with Gasteiger partial charge in [0.05, 0.1) is 0 Å². The van der Waals surface area contributed by atoms with Crippen LogP contribution in [0.4, 0.5) is 0 Å². The van der Waals surface area contributed by atoms with E-state index in [9.17, 15) is 9.59 Å². The number of phenols is 1. The van der Waals surface area contributed by atoms with Gasteiger partial charge < -0.3 is 20.8 Å². The Hall–Kier alpha value is -2.50.